The molecular formula is C12H10BrClO10. The minimum Gasteiger partial charge on any atom is -0.478 e. The van der Waals surface area contributed by atoms with Crippen molar-refractivity contribution >= 4 is 65.2 Å². The molecule has 0 aliphatic carbocycles. The summed E-state index contributed by atoms with van der Waals surface area (Å²) in [4.78, 5) is 63.9. The average molecular weight is 430 g/mol. The van der Waals surface area contributed by atoms with Crippen LogP contribution >= 0.6 is 29.4 Å². The Balaban J connectivity index is -0.00000220. The van der Waals surface area contributed by atoms with Gasteiger partial charge in [0.15, 0.2) is 0 Å². The van der Waals surface area contributed by atoms with E-state index in [4.69, 9.17) is 10.2 Å². The van der Waals surface area contributed by atoms with Crippen LogP contribution in [0.5, 0.6) is 0 Å². The highest BCUT2D eigenvalue weighted by Gasteiger charge is 2.08. The lowest BCUT2D eigenvalue weighted by molar-refractivity contribution is -0.155. The minimum absolute atomic E-state index is 0. The van der Waals surface area contributed by atoms with Gasteiger partial charge in [0.2, 0.25) is 0 Å². The highest BCUT2D eigenvalue weighted by atomic mass is 79.9. The third-order valence-corrected chi connectivity index (χ3v) is 1.48. The number of carboxylic acid groups (broad SMARTS) is 2. The number of ether oxygens (including phenoxy) is 2. The van der Waals surface area contributed by atoms with E-state index in [2.05, 4.69) is 9.47 Å². The summed E-state index contributed by atoms with van der Waals surface area (Å²) in [6.45, 7) is 0. The molecule has 0 unspecified atom stereocenters. The molecule has 10 nitrogen and oxygen atoms in total. The topological polar surface area (TPSA) is 161 Å². The SMILES string of the molecule is Br.Cl.O=C(O)/C=C/C(=O)OC(=O)/C=C\C(=O)OC(=O)/C=C/C(=O)O. The number of hydrogen-bond acceptors (Lipinski definition) is 8. The molecule has 0 aliphatic heterocycles. The molecule has 12 heteroatoms. The van der Waals surface area contributed by atoms with E-state index < -0.39 is 35.8 Å². The Hall–Kier alpha value is -2.79. The Morgan fingerprint density at radius 2 is 0.750 bits per heavy atom. The lowest BCUT2D eigenvalue weighted by Gasteiger charge is -1.95. The maximum absolute atomic E-state index is 11.0. The summed E-state index contributed by atoms with van der Waals surface area (Å²) in [7, 11) is 0. The monoisotopic (exact) mass is 428 g/mol. The van der Waals surface area contributed by atoms with E-state index in [0.717, 1.165) is 0 Å². The van der Waals surface area contributed by atoms with E-state index in [1.165, 1.54) is 0 Å². The first kappa shape index (κ1) is 26.1. The molecule has 0 radical (unpaired) electrons. The Kier molecular flexibility index (Phi) is 15.1. The standard InChI is InChI=1S/C12H8O10.BrH.ClH/c13-7(14)1-3-9(17)21-11(19)5-6-12(20)22-10(18)4-2-8(15)16;;/h1-6H,(H,13,14)(H,15,16);2*1H/b3-1+,4-2+,6-5-;;. The second-order valence-corrected chi connectivity index (χ2v) is 3.16. The second kappa shape index (κ2) is 13.8. The summed E-state index contributed by atoms with van der Waals surface area (Å²) in [6.07, 6.45) is 2.69. The maximum atomic E-state index is 11.0. The van der Waals surface area contributed by atoms with Gasteiger partial charge in [-0.15, -0.1) is 29.4 Å². The third-order valence-electron chi connectivity index (χ3n) is 1.48. The van der Waals surface area contributed by atoms with Crippen LogP contribution in [0.1, 0.15) is 0 Å². The molecule has 0 saturated carbocycles. The van der Waals surface area contributed by atoms with E-state index in [0.29, 0.717) is 36.5 Å². The summed E-state index contributed by atoms with van der Waals surface area (Å²) in [6, 6.07) is 0. The van der Waals surface area contributed by atoms with E-state index in [1.807, 2.05) is 0 Å². The fourth-order valence-electron chi connectivity index (χ4n) is 0.749. The van der Waals surface area contributed by atoms with Gasteiger partial charge in [0.1, 0.15) is 0 Å². The molecule has 0 aromatic rings. The van der Waals surface area contributed by atoms with Gasteiger partial charge in [0.05, 0.1) is 0 Å². The second-order valence-electron chi connectivity index (χ2n) is 3.16. The zero-order valence-electron chi connectivity index (χ0n) is 11.4. The van der Waals surface area contributed by atoms with Crippen molar-refractivity contribution in [3.05, 3.63) is 36.5 Å². The Labute approximate surface area is 150 Å². The molecule has 0 amide bonds. The summed E-state index contributed by atoms with van der Waals surface area (Å²) < 4.78 is 8.07. The quantitative estimate of drug-likeness (QED) is 0.333. The predicted octanol–water partition coefficient (Wildman–Crippen LogP) is -0.0365. The number of halogens is 2. The Bertz CT molecular complexity index is 553. The largest absolute Gasteiger partial charge is 0.478 e. The van der Waals surface area contributed by atoms with E-state index >= 15 is 0 Å². The van der Waals surface area contributed by atoms with E-state index in [9.17, 15) is 28.8 Å². The van der Waals surface area contributed by atoms with Crippen LogP contribution in [0.25, 0.3) is 0 Å². The lowest BCUT2D eigenvalue weighted by Crippen LogP contribution is -2.11. The van der Waals surface area contributed by atoms with Crippen molar-refractivity contribution in [2.24, 2.45) is 0 Å². The lowest BCUT2D eigenvalue weighted by atomic mass is 10.4. The van der Waals surface area contributed by atoms with Crippen molar-refractivity contribution < 1.29 is 48.5 Å². The first-order valence-electron chi connectivity index (χ1n) is 5.22. The molecule has 0 heterocycles. The number of aliphatic carboxylic acids is 2. The van der Waals surface area contributed by atoms with Crippen LogP contribution in [0.3, 0.4) is 0 Å². The molecule has 0 saturated heterocycles. The van der Waals surface area contributed by atoms with Crippen LogP contribution in [0.15, 0.2) is 36.5 Å². The number of esters is 4. The number of carbonyl (C=O) groups is 6. The number of rotatable bonds is 6. The number of hydrogen-bond donors (Lipinski definition) is 2. The van der Waals surface area contributed by atoms with Gasteiger partial charge in [-0.3, -0.25) is 0 Å². The van der Waals surface area contributed by atoms with Crippen molar-refractivity contribution in [2.75, 3.05) is 0 Å². The van der Waals surface area contributed by atoms with Crippen LogP contribution in [-0.4, -0.2) is 46.0 Å². The van der Waals surface area contributed by atoms with Gasteiger partial charge in [-0.1, -0.05) is 0 Å². The van der Waals surface area contributed by atoms with Gasteiger partial charge in [0, 0.05) is 36.5 Å². The smallest absolute Gasteiger partial charge is 0.338 e. The van der Waals surface area contributed by atoms with E-state index in [-0.39, 0.29) is 29.4 Å². The Morgan fingerprint density at radius 1 is 0.542 bits per heavy atom. The number of carbonyl (C=O) groups excluding carboxylic acids is 4. The van der Waals surface area contributed by atoms with Gasteiger partial charge in [0.25, 0.3) is 0 Å². The van der Waals surface area contributed by atoms with Gasteiger partial charge in [-0.2, -0.15) is 0 Å². The predicted molar refractivity (Wildman–Crippen MR) is 82.5 cm³/mol. The normalized spacial score (nSPS) is 9.83. The van der Waals surface area contributed by atoms with Crippen molar-refractivity contribution in [3.63, 3.8) is 0 Å². The van der Waals surface area contributed by atoms with Crippen LogP contribution in [0, 0.1) is 0 Å². The van der Waals surface area contributed by atoms with Crippen LogP contribution in [-0.2, 0) is 38.2 Å². The minimum atomic E-state index is -1.43. The van der Waals surface area contributed by atoms with Crippen molar-refractivity contribution in [1.82, 2.24) is 0 Å². The van der Waals surface area contributed by atoms with Crippen LogP contribution < -0.4 is 0 Å². The number of carboxylic acids is 2. The van der Waals surface area contributed by atoms with Crippen molar-refractivity contribution in [1.29, 1.82) is 0 Å². The maximum Gasteiger partial charge on any atom is 0.338 e. The molecule has 0 aromatic heterocycles. The zero-order chi connectivity index (χ0) is 17.1. The average Bonchev–Trinajstić information content (AvgIpc) is 2.40. The third kappa shape index (κ3) is 15.6. The fourth-order valence-corrected chi connectivity index (χ4v) is 0.749. The first-order chi connectivity index (χ1) is 10.2. The van der Waals surface area contributed by atoms with Crippen molar-refractivity contribution in [3.8, 4) is 0 Å². The van der Waals surface area contributed by atoms with Gasteiger partial charge in [-0.05, 0) is 0 Å². The van der Waals surface area contributed by atoms with E-state index in [1.54, 1.807) is 0 Å². The summed E-state index contributed by atoms with van der Waals surface area (Å²) in [5.74, 6) is -8.07. The highest BCUT2D eigenvalue weighted by molar-refractivity contribution is 8.93. The molecule has 0 aliphatic rings. The van der Waals surface area contributed by atoms with Crippen LogP contribution in [0.2, 0.25) is 0 Å². The molecule has 0 atom stereocenters. The molecule has 24 heavy (non-hydrogen) atoms. The molecule has 0 bridgehead atoms. The summed E-state index contributed by atoms with van der Waals surface area (Å²) in [5, 5.41) is 16.4. The molecule has 0 fully saturated rings. The molecular weight excluding hydrogens is 419 g/mol. The van der Waals surface area contributed by atoms with Gasteiger partial charge in [-0.25, -0.2) is 28.8 Å². The summed E-state index contributed by atoms with van der Waals surface area (Å²) in [5.41, 5.74) is 0. The van der Waals surface area contributed by atoms with Crippen molar-refractivity contribution in [2.45, 2.75) is 0 Å². The van der Waals surface area contributed by atoms with Gasteiger partial charge >= 0.3 is 35.8 Å². The molecule has 0 spiro atoms. The fraction of sp³-hybridized carbons (Fsp3) is 0. The zero-order valence-corrected chi connectivity index (χ0v) is 14.0. The summed E-state index contributed by atoms with van der Waals surface area (Å²) >= 11 is 0. The molecule has 0 aromatic carbocycles. The molecule has 0 rings (SSSR count). The highest BCUT2D eigenvalue weighted by Crippen LogP contribution is 1.90. The van der Waals surface area contributed by atoms with Crippen LogP contribution in [0.4, 0.5) is 0 Å². The van der Waals surface area contributed by atoms with Gasteiger partial charge < -0.3 is 19.7 Å². The first-order valence-corrected chi connectivity index (χ1v) is 5.22. The Morgan fingerprint density at radius 3 is 0.958 bits per heavy atom. The molecule has 2 N–H and O–H groups in total. The molecule has 132 valence electrons.